The van der Waals surface area contributed by atoms with Crippen molar-refractivity contribution in [2.75, 3.05) is 6.54 Å². The van der Waals surface area contributed by atoms with Crippen LogP contribution in [-0.4, -0.2) is 47.0 Å². The predicted octanol–water partition coefficient (Wildman–Crippen LogP) is 2.34. The Hall–Kier alpha value is -4.34. The van der Waals surface area contributed by atoms with E-state index in [1.165, 1.54) is 18.4 Å². The van der Waals surface area contributed by atoms with E-state index in [0.29, 0.717) is 24.8 Å². The molecular weight excluding hydrogens is 457 g/mol. The number of piperidine rings is 1. The highest BCUT2D eigenvalue weighted by molar-refractivity contribution is 6.23. The highest BCUT2D eigenvalue weighted by atomic mass is 19.1. The van der Waals surface area contributed by atoms with Crippen LogP contribution in [0.3, 0.4) is 0 Å². The molecule has 10 heteroatoms. The molecule has 1 aromatic heterocycles. The third-order valence-electron chi connectivity index (χ3n) is 6.23. The molecule has 1 atom stereocenters. The Bertz CT molecular complexity index is 1410. The summed E-state index contributed by atoms with van der Waals surface area (Å²) in [7, 11) is 0. The minimum absolute atomic E-state index is 0.0290. The van der Waals surface area contributed by atoms with Gasteiger partial charge in [0.25, 0.3) is 17.7 Å². The third-order valence-corrected chi connectivity index (χ3v) is 6.23. The number of furan rings is 1. The number of nitrogens with zero attached hydrogens (tertiary/aromatic N) is 1. The quantitative estimate of drug-likeness (QED) is 0.415. The van der Waals surface area contributed by atoms with Crippen LogP contribution in [0.1, 0.15) is 55.9 Å². The van der Waals surface area contributed by atoms with Gasteiger partial charge in [0, 0.05) is 18.4 Å². The van der Waals surface area contributed by atoms with Gasteiger partial charge in [0.1, 0.15) is 12.3 Å². The second-order valence-corrected chi connectivity index (χ2v) is 8.45. The van der Waals surface area contributed by atoms with E-state index in [4.69, 9.17) is 4.42 Å². The lowest BCUT2D eigenvalue weighted by Crippen LogP contribution is -2.54. The second-order valence-electron chi connectivity index (χ2n) is 8.45. The Morgan fingerprint density at radius 2 is 1.91 bits per heavy atom. The summed E-state index contributed by atoms with van der Waals surface area (Å²) in [5, 5.41) is 5.33. The van der Waals surface area contributed by atoms with Crippen molar-refractivity contribution in [3.05, 3.63) is 70.7 Å². The number of benzene rings is 2. The van der Waals surface area contributed by atoms with Crippen LogP contribution in [0.15, 0.2) is 47.1 Å². The SMILES string of the molecule is O=C1CCC(N2C(=O)c3ccc(CCCNC(=O)c4coc5c(F)cccc45)cc3C2=O)C(=O)N1. The Kier molecular flexibility index (Phi) is 5.64. The van der Waals surface area contributed by atoms with Crippen molar-refractivity contribution in [3.63, 3.8) is 0 Å². The lowest BCUT2D eigenvalue weighted by atomic mass is 10.0. The lowest BCUT2D eigenvalue weighted by molar-refractivity contribution is -0.136. The van der Waals surface area contributed by atoms with Gasteiger partial charge in [0.15, 0.2) is 11.4 Å². The third kappa shape index (κ3) is 3.96. The maximum absolute atomic E-state index is 13.8. The van der Waals surface area contributed by atoms with Gasteiger partial charge in [0.05, 0.1) is 16.7 Å². The summed E-state index contributed by atoms with van der Waals surface area (Å²) < 4.78 is 18.9. The first-order valence-corrected chi connectivity index (χ1v) is 11.1. The van der Waals surface area contributed by atoms with Gasteiger partial charge in [-0.2, -0.15) is 0 Å². The molecule has 3 aromatic rings. The van der Waals surface area contributed by atoms with Crippen LogP contribution in [-0.2, 0) is 16.0 Å². The number of amides is 5. The van der Waals surface area contributed by atoms with Crippen molar-refractivity contribution in [2.24, 2.45) is 0 Å². The average Bonchev–Trinajstić information content (AvgIpc) is 3.37. The predicted molar refractivity (Wildman–Crippen MR) is 120 cm³/mol. The number of rotatable bonds is 6. The Labute approximate surface area is 198 Å². The van der Waals surface area contributed by atoms with Crippen LogP contribution in [0, 0.1) is 5.82 Å². The molecule has 35 heavy (non-hydrogen) atoms. The second kappa shape index (κ2) is 8.79. The number of nitrogens with one attached hydrogen (secondary N) is 2. The highest BCUT2D eigenvalue weighted by Crippen LogP contribution is 2.28. The Morgan fingerprint density at radius 3 is 2.71 bits per heavy atom. The van der Waals surface area contributed by atoms with Gasteiger partial charge >= 0.3 is 0 Å². The van der Waals surface area contributed by atoms with Crippen molar-refractivity contribution in [1.82, 2.24) is 15.5 Å². The van der Waals surface area contributed by atoms with Gasteiger partial charge in [-0.1, -0.05) is 18.2 Å². The number of imide groups is 2. The summed E-state index contributed by atoms with van der Waals surface area (Å²) in [6, 6.07) is 8.27. The lowest BCUT2D eigenvalue weighted by Gasteiger charge is -2.27. The van der Waals surface area contributed by atoms with E-state index >= 15 is 0 Å². The number of aryl methyl sites for hydroxylation is 1. The van der Waals surface area contributed by atoms with Gasteiger partial charge < -0.3 is 9.73 Å². The zero-order chi connectivity index (χ0) is 24.7. The molecular formula is C25H20FN3O6. The first kappa shape index (κ1) is 22.5. The molecule has 3 heterocycles. The molecule has 0 bridgehead atoms. The van der Waals surface area contributed by atoms with E-state index in [9.17, 15) is 28.4 Å². The first-order chi connectivity index (χ1) is 16.8. The minimum atomic E-state index is -1.01. The smallest absolute Gasteiger partial charge is 0.262 e. The van der Waals surface area contributed by atoms with Crippen LogP contribution in [0.2, 0.25) is 0 Å². The number of halogens is 1. The fraction of sp³-hybridized carbons (Fsp3) is 0.240. The first-order valence-electron chi connectivity index (χ1n) is 11.1. The Balaban J connectivity index is 1.21. The van der Waals surface area contributed by atoms with Crippen molar-refractivity contribution in [1.29, 1.82) is 0 Å². The van der Waals surface area contributed by atoms with Crippen molar-refractivity contribution < 1.29 is 32.8 Å². The number of fused-ring (bicyclic) bond motifs is 2. The van der Waals surface area contributed by atoms with E-state index in [1.54, 1.807) is 24.3 Å². The summed E-state index contributed by atoms with van der Waals surface area (Å²) in [5.41, 5.74) is 1.50. The monoisotopic (exact) mass is 477 g/mol. The molecule has 5 rings (SSSR count). The minimum Gasteiger partial charge on any atom is -0.460 e. The topological polar surface area (TPSA) is 126 Å². The molecule has 2 aliphatic rings. The number of hydrogen-bond acceptors (Lipinski definition) is 6. The van der Waals surface area contributed by atoms with Crippen LogP contribution < -0.4 is 10.6 Å². The normalized spacial score (nSPS) is 17.6. The molecule has 0 saturated carbocycles. The maximum atomic E-state index is 13.8. The van der Waals surface area contributed by atoms with Crippen LogP contribution in [0.4, 0.5) is 4.39 Å². The van der Waals surface area contributed by atoms with Crippen molar-refractivity contribution in [2.45, 2.75) is 31.7 Å². The van der Waals surface area contributed by atoms with Crippen molar-refractivity contribution >= 4 is 40.5 Å². The number of carbonyl (C=O) groups is 5. The van der Waals surface area contributed by atoms with E-state index in [2.05, 4.69) is 10.6 Å². The van der Waals surface area contributed by atoms with E-state index < -0.39 is 35.5 Å². The molecule has 9 nitrogen and oxygen atoms in total. The summed E-state index contributed by atoms with van der Waals surface area (Å²) in [5.74, 6) is -3.12. The van der Waals surface area contributed by atoms with E-state index in [-0.39, 0.29) is 41.0 Å². The fourth-order valence-electron chi connectivity index (χ4n) is 4.46. The zero-order valence-electron chi connectivity index (χ0n) is 18.4. The van der Waals surface area contributed by atoms with Gasteiger partial charge in [-0.05, 0) is 43.0 Å². The summed E-state index contributed by atoms with van der Waals surface area (Å²) in [6.07, 6.45) is 2.45. The highest BCUT2D eigenvalue weighted by Gasteiger charge is 2.44. The molecule has 2 aromatic carbocycles. The average molecular weight is 477 g/mol. The molecule has 0 spiro atoms. The van der Waals surface area contributed by atoms with E-state index in [0.717, 1.165) is 10.5 Å². The molecule has 1 unspecified atom stereocenters. The number of para-hydroxylation sites is 1. The van der Waals surface area contributed by atoms with Crippen LogP contribution >= 0.6 is 0 Å². The molecule has 1 fully saturated rings. The van der Waals surface area contributed by atoms with Crippen LogP contribution in [0.25, 0.3) is 11.0 Å². The van der Waals surface area contributed by atoms with Gasteiger partial charge in [-0.25, -0.2) is 4.39 Å². The summed E-state index contributed by atoms with van der Waals surface area (Å²) in [6.45, 7) is 0.327. The molecule has 0 aliphatic carbocycles. The van der Waals surface area contributed by atoms with Gasteiger partial charge in [0.2, 0.25) is 11.8 Å². The molecule has 2 N–H and O–H groups in total. The van der Waals surface area contributed by atoms with E-state index in [1.807, 2.05) is 0 Å². The fourth-order valence-corrected chi connectivity index (χ4v) is 4.46. The van der Waals surface area contributed by atoms with Crippen LogP contribution in [0.5, 0.6) is 0 Å². The maximum Gasteiger partial charge on any atom is 0.262 e. The zero-order valence-corrected chi connectivity index (χ0v) is 18.4. The molecule has 5 amide bonds. The Morgan fingerprint density at radius 1 is 1.11 bits per heavy atom. The summed E-state index contributed by atoms with van der Waals surface area (Å²) in [4.78, 5) is 62.6. The molecule has 178 valence electrons. The standard InChI is InChI=1S/C25H20FN3O6/c26-18-5-1-4-14-17(12-35-21(14)18)22(31)27-10-2-3-13-6-7-15-16(11-13)25(34)29(24(15)33)19-8-9-20(30)28-23(19)32/h1,4-7,11-12,19H,2-3,8-10H2,(H,27,31)(H,28,30,32). The number of carbonyl (C=O) groups excluding carboxylic acids is 5. The largest absolute Gasteiger partial charge is 0.460 e. The van der Waals surface area contributed by atoms with Crippen molar-refractivity contribution in [3.8, 4) is 0 Å². The van der Waals surface area contributed by atoms with Gasteiger partial charge in [-0.3, -0.25) is 34.2 Å². The van der Waals surface area contributed by atoms with Gasteiger partial charge in [-0.15, -0.1) is 0 Å². The molecule has 1 saturated heterocycles. The summed E-state index contributed by atoms with van der Waals surface area (Å²) >= 11 is 0. The molecule has 0 radical (unpaired) electrons. The number of hydrogen-bond donors (Lipinski definition) is 2. The molecule has 2 aliphatic heterocycles.